The van der Waals surface area contributed by atoms with Crippen molar-refractivity contribution in [1.29, 1.82) is 0 Å². The molecule has 6 nitrogen and oxygen atoms in total. The number of hydrogen-bond donors (Lipinski definition) is 3. The Bertz CT molecular complexity index is 740. The normalized spacial score (nSPS) is 8.28. The molecule has 3 N–H and O–H groups in total. The standard InChI is InChI=1S/3C7H6O2.Ba.Sr.4H/c3*8-7(9)6-4-2-1-3-5-6;;;;;;/h3*1-5H,(H,8,9);;;;;;. The number of carboxylic acid groups (broad SMARTS) is 3. The Morgan fingerprint density at radius 1 is 0.448 bits per heavy atom. The summed E-state index contributed by atoms with van der Waals surface area (Å²) in [5, 5.41) is 25.2. The van der Waals surface area contributed by atoms with E-state index < -0.39 is 17.9 Å². The molecule has 0 amide bonds. The van der Waals surface area contributed by atoms with Crippen LogP contribution in [0.3, 0.4) is 0 Å². The molecule has 0 aromatic heterocycles. The molecule has 0 aliphatic heterocycles. The number of aromatic carboxylic acids is 3. The summed E-state index contributed by atoms with van der Waals surface area (Å²) in [5.74, 6) is -2.64. The average Bonchev–Trinajstić information content (AvgIpc) is 2.71. The van der Waals surface area contributed by atoms with Gasteiger partial charge >= 0.3 is 112 Å². The fraction of sp³-hybridized carbons (Fsp3) is 0. The van der Waals surface area contributed by atoms with Gasteiger partial charge in [-0.1, -0.05) is 54.6 Å². The quantitative estimate of drug-likeness (QED) is 0.401. The Balaban J connectivity index is 0. The van der Waals surface area contributed by atoms with Gasteiger partial charge in [0.05, 0.1) is 16.7 Å². The van der Waals surface area contributed by atoms with Crippen LogP contribution >= 0.6 is 0 Å². The summed E-state index contributed by atoms with van der Waals surface area (Å²) < 4.78 is 0. The molecule has 3 aromatic rings. The molecule has 0 saturated heterocycles. The molecule has 0 aliphatic carbocycles. The zero-order valence-corrected chi connectivity index (χ0v) is 14.2. The van der Waals surface area contributed by atoms with Crippen molar-refractivity contribution in [3.63, 3.8) is 0 Å². The minimum absolute atomic E-state index is 0. The topological polar surface area (TPSA) is 112 Å². The van der Waals surface area contributed by atoms with E-state index in [1.165, 1.54) is 0 Å². The summed E-state index contributed by atoms with van der Waals surface area (Å²) in [6.45, 7) is 0. The van der Waals surface area contributed by atoms with Crippen LogP contribution < -0.4 is 0 Å². The number of rotatable bonds is 3. The Kier molecular flexibility index (Phi) is 18.8. The van der Waals surface area contributed by atoms with Gasteiger partial charge in [0, 0.05) is 0 Å². The average molecular weight is 595 g/mol. The molecular weight excluding hydrogens is 573 g/mol. The number of benzene rings is 3. The Hall–Kier alpha value is -0.878. The molecule has 0 bridgehead atoms. The molecule has 146 valence electrons. The Morgan fingerprint density at radius 3 is 0.724 bits per heavy atom. The molecule has 29 heavy (non-hydrogen) atoms. The molecule has 0 radical (unpaired) electrons. The Morgan fingerprint density at radius 2 is 0.621 bits per heavy atom. The van der Waals surface area contributed by atoms with Crippen LogP contribution in [0.4, 0.5) is 0 Å². The summed E-state index contributed by atoms with van der Waals surface area (Å²) in [7, 11) is 0. The monoisotopic (exact) mass is 596 g/mol. The van der Waals surface area contributed by atoms with Crippen LogP contribution in [0.15, 0.2) is 91.0 Å². The Labute approximate surface area is 245 Å². The van der Waals surface area contributed by atoms with Crippen LogP contribution in [0.1, 0.15) is 31.1 Å². The molecule has 3 rings (SSSR count). The fourth-order valence-electron chi connectivity index (χ4n) is 1.74. The number of hydrogen-bond acceptors (Lipinski definition) is 3. The van der Waals surface area contributed by atoms with Crippen LogP contribution in [-0.2, 0) is 0 Å². The van der Waals surface area contributed by atoms with Crippen molar-refractivity contribution < 1.29 is 29.7 Å². The second-order valence-corrected chi connectivity index (χ2v) is 5.01. The second-order valence-electron chi connectivity index (χ2n) is 5.01. The molecular formula is C21H22BaO6Sr. The maximum absolute atomic E-state index is 10.2. The van der Waals surface area contributed by atoms with Crippen molar-refractivity contribution in [2.24, 2.45) is 0 Å². The molecule has 0 atom stereocenters. The summed E-state index contributed by atoms with van der Waals surface area (Å²) in [6, 6.07) is 24.9. The van der Waals surface area contributed by atoms with Crippen LogP contribution in [0.25, 0.3) is 0 Å². The predicted molar refractivity (Wildman–Crippen MR) is 117 cm³/mol. The molecule has 0 saturated carbocycles. The third-order valence-electron chi connectivity index (χ3n) is 3.06. The van der Waals surface area contributed by atoms with Crippen LogP contribution in [0, 0.1) is 0 Å². The van der Waals surface area contributed by atoms with Crippen LogP contribution in [-0.4, -0.2) is 128 Å². The van der Waals surface area contributed by atoms with Crippen molar-refractivity contribution in [2.75, 3.05) is 0 Å². The summed E-state index contributed by atoms with van der Waals surface area (Å²) >= 11 is 0. The summed E-state index contributed by atoms with van der Waals surface area (Å²) in [6.07, 6.45) is 0. The van der Waals surface area contributed by atoms with Gasteiger partial charge in [-0.15, -0.1) is 0 Å². The van der Waals surface area contributed by atoms with Gasteiger partial charge in [-0.05, 0) is 36.4 Å². The van der Waals surface area contributed by atoms with Crippen molar-refractivity contribution in [3.05, 3.63) is 108 Å². The van der Waals surface area contributed by atoms with E-state index in [4.69, 9.17) is 15.3 Å². The van der Waals surface area contributed by atoms with Crippen molar-refractivity contribution in [2.45, 2.75) is 0 Å². The molecule has 0 spiro atoms. The molecule has 3 aromatic carbocycles. The van der Waals surface area contributed by atoms with E-state index in [9.17, 15) is 14.4 Å². The van der Waals surface area contributed by atoms with E-state index in [0.717, 1.165) is 0 Å². The SMILES string of the molecule is O=C(O)c1ccccc1.O=C(O)c1ccccc1.O=C(O)c1ccccc1.[BaH2].[SrH2]. The summed E-state index contributed by atoms with van der Waals surface area (Å²) in [5.41, 5.74) is 0.993. The van der Waals surface area contributed by atoms with Gasteiger partial charge in [-0.2, -0.15) is 0 Å². The summed E-state index contributed by atoms with van der Waals surface area (Å²) in [4.78, 5) is 30.6. The van der Waals surface area contributed by atoms with E-state index in [-0.39, 0.29) is 94.4 Å². The zero-order valence-electron chi connectivity index (χ0n) is 14.2. The predicted octanol–water partition coefficient (Wildman–Crippen LogP) is 2.32. The minimum atomic E-state index is -0.879. The van der Waals surface area contributed by atoms with Crippen molar-refractivity contribution >= 4 is 112 Å². The molecule has 8 heteroatoms. The van der Waals surface area contributed by atoms with E-state index in [1.54, 1.807) is 91.0 Å². The van der Waals surface area contributed by atoms with Gasteiger partial charge in [-0.3, -0.25) is 0 Å². The number of carboxylic acids is 3. The van der Waals surface area contributed by atoms with Gasteiger partial charge in [0.1, 0.15) is 0 Å². The first-order valence-electron chi connectivity index (χ1n) is 7.77. The van der Waals surface area contributed by atoms with Gasteiger partial charge in [-0.25, -0.2) is 14.4 Å². The first-order valence-corrected chi connectivity index (χ1v) is 7.77. The van der Waals surface area contributed by atoms with E-state index >= 15 is 0 Å². The van der Waals surface area contributed by atoms with Gasteiger partial charge < -0.3 is 15.3 Å². The van der Waals surface area contributed by atoms with Crippen molar-refractivity contribution in [1.82, 2.24) is 0 Å². The zero-order chi connectivity index (χ0) is 20.1. The number of carbonyl (C=O) groups is 3. The van der Waals surface area contributed by atoms with Gasteiger partial charge in [0.25, 0.3) is 0 Å². The molecule has 0 unspecified atom stereocenters. The van der Waals surface area contributed by atoms with Crippen molar-refractivity contribution in [3.8, 4) is 0 Å². The second kappa shape index (κ2) is 17.9. The molecule has 0 heterocycles. The third kappa shape index (κ3) is 13.9. The third-order valence-corrected chi connectivity index (χ3v) is 3.06. The van der Waals surface area contributed by atoms with Crippen LogP contribution in [0.2, 0.25) is 0 Å². The van der Waals surface area contributed by atoms with Crippen LogP contribution in [0.5, 0.6) is 0 Å². The molecule has 0 fully saturated rings. The van der Waals surface area contributed by atoms with Gasteiger partial charge in [0.2, 0.25) is 0 Å². The molecule has 0 aliphatic rings. The van der Waals surface area contributed by atoms with E-state index in [2.05, 4.69) is 0 Å². The van der Waals surface area contributed by atoms with E-state index in [0.29, 0.717) is 16.7 Å². The first kappa shape index (κ1) is 30.3. The maximum atomic E-state index is 10.2. The van der Waals surface area contributed by atoms with Gasteiger partial charge in [0.15, 0.2) is 0 Å². The van der Waals surface area contributed by atoms with E-state index in [1.807, 2.05) is 0 Å². The first-order chi connectivity index (χ1) is 12.9. The fourth-order valence-corrected chi connectivity index (χ4v) is 1.74.